The lowest BCUT2D eigenvalue weighted by atomic mass is 10.2. The molecule has 130 valence electrons. The van der Waals surface area contributed by atoms with Gasteiger partial charge in [0.2, 0.25) is 0 Å². The molecule has 0 N–H and O–H groups in total. The van der Waals surface area contributed by atoms with Crippen molar-refractivity contribution in [3.8, 4) is 17.2 Å². The van der Waals surface area contributed by atoms with Crippen molar-refractivity contribution in [1.82, 2.24) is 0 Å². The fourth-order valence-electron chi connectivity index (χ4n) is 2.77. The maximum Gasteiger partial charge on any atom is 0.269 e. The molecule has 0 atom stereocenters. The average molecular weight is 406 g/mol. The number of nitro groups is 1. The molecule has 1 saturated carbocycles. The Hall–Kier alpha value is -2.41. The van der Waals surface area contributed by atoms with E-state index in [9.17, 15) is 14.9 Å². The van der Waals surface area contributed by atoms with Gasteiger partial charge in [0.05, 0.1) is 15.5 Å². The van der Waals surface area contributed by atoms with Gasteiger partial charge >= 0.3 is 0 Å². The first-order valence-corrected chi connectivity index (χ1v) is 8.74. The number of aldehydes is 1. The fraction of sp³-hybridized carbons (Fsp3) is 0.278. The first kappa shape index (κ1) is 17.4. The fourth-order valence-corrected chi connectivity index (χ4v) is 3.27. The van der Waals surface area contributed by atoms with Crippen molar-refractivity contribution in [3.63, 3.8) is 0 Å². The van der Waals surface area contributed by atoms with Crippen molar-refractivity contribution in [1.29, 1.82) is 0 Å². The Labute approximate surface area is 153 Å². The van der Waals surface area contributed by atoms with Crippen LogP contribution >= 0.6 is 15.9 Å². The van der Waals surface area contributed by atoms with Crippen LogP contribution in [-0.2, 0) is 0 Å². The quantitative estimate of drug-likeness (QED) is 0.370. The molecule has 6 nitrogen and oxygen atoms in total. The Bertz CT molecular complexity index is 785. The van der Waals surface area contributed by atoms with Crippen molar-refractivity contribution in [3.05, 3.63) is 56.5 Å². The number of rotatable bonds is 6. The number of hydrogen-bond donors (Lipinski definition) is 0. The first-order chi connectivity index (χ1) is 12.1. The predicted octanol–water partition coefficient (Wildman–Crippen LogP) is 5.28. The topological polar surface area (TPSA) is 78.7 Å². The van der Waals surface area contributed by atoms with Crippen molar-refractivity contribution in [2.45, 2.75) is 31.8 Å². The second-order valence-corrected chi connectivity index (χ2v) is 6.58. The summed E-state index contributed by atoms with van der Waals surface area (Å²) in [6, 6.07) is 9.14. The van der Waals surface area contributed by atoms with Crippen LogP contribution < -0.4 is 9.47 Å². The summed E-state index contributed by atoms with van der Waals surface area (Å²) in [4.78, 5) is 21.5. The zero-order valence-electron chi connectivity index (χ0n) is 13.3. The van der Waals surface area contributed by atoms with Crippen LogP contribution in [0.2, 0.25) is 0 Å². The number of carbonyl (C=O) groups is 1. The molecule has 0 saturated heterocycles. The van der Waals surface area contributed by atoms with E-state index >= 15 is 0 Å². The minimum Gasteiger partial charge on any atom is -0.486 e. The third-order valence-electron chi connectivity index (χ3n) is 4.08. The van der Waals surface area contributed by atoms with Crippen LogP contribution in [0.15, 0.2) is 40.9 Å². The van der Waals surface area contributed by atoms with Gasteiger partial charge < -0.3 is 9.47 Å². The van der Waals surface area contributed by atoms with Crippen molar-refractivity contribution in [2.24, 2.45) is 0 Å². The molecule has 1 aliphatic rings. The van der Waals surface area contributed by atoms with E-state index in [0.717, 1.165) is 32.0 Å². The van der Waals surface area contributed by atoms with Gasteiger partial charge in [-0.3, -0.25) is 14.9 Å². The molecule has 1 aliphatic carbocycles. The van der Waals surface area contributed by atoms with E-state index in [0.29, 0.717) is 27.3 Å². The molecular formula is C18H16BrNO5. The molecule has 0 amide bonds. The zero-order valence-corrected chi connectivity index (χ0v) is 14.9. The SMILES string of the molecule is O=Cc1ccc(OC2CCCC2)c(Oc2ccc([N+](=O)[O-])cc2)c1Br. The van der Waals surface area contributed by atoms with Gasteiger partial charge in [0.1, 0.15) is 5.75 Å². The molecule has 1 fully saturated rings. The van der Waals surface area contributed by atoms with Gasteiger partial charge in [0, 0.05) is 17.7 Å². The minimum atomic E-state index is -0.471. The number of halogens is 1. The number of benzene rings is 2. The Morgan fingerprint density at radius 2 is 1.80 bits per heavy atom. The molecule has 0 radical (unpaired) electrons. The van der Waals surface area contributed by atoms with Crippen LogP contribution in [0.5, 0.6) is 17.2 Å². The summed E-state index contributed by atoms with van der Waals surface area (Å²) < 4.78 is 12.4. The smallest absolute Gasteiger partial charge is 0.269 e. The lowest BCUT2D eigenvalue weighted by molar-refractivity contribution is -0.384. The highest BCUT2D eigenvalue weighted by Crippen LogP contribution is 2.42. The highest BCUT2D eigenvalue weighted by Gasteiger charge is 2.21. The minimum absolute atomic E-state index is 0.0181. The highest BCUT2D eigenvalue weighted by molar-refractivity contribution is 9.10. The molecule has 2 aromatic rings. The van der Waals surface area contributed by atoms with Crippen LogP contribution in [0.25, 0.3) is 0 Å². The third-order valence-corrected chi connectivity index (χ3v) is 4.90. The van der Waals surface area contributed by atoms with Crippen molar-refractivity contribution < 1.29 is 19.2 Å². The van der Waals surface area contributed by atoms with E-state index in [4.69, 9.17) is 9.47 Å². The second kappa shape index (κ2) is 7.65. The summed E-state index contributed by atoms with van der Waals surface area (Å²) in [5.41, 5.74) is 0.422. The Morgan fingerprint density at radius 3 is 2.40 bits per heavy atom. The number of ether oxygens (including phenoxy) is 2. The number of carbonyl (C=O) groups excluding carboxylic acids is 1. The van der Waals surface area contributed by atoms with Gasteiger partial charge in [0.25, 0.3) is 5.69 Å². The third kappa shape index (κ3) is 3.99. The van der Waals surface area contributed by atoms with Crippen LogP contribution in [0, 0.1) is 10.1 Å². The van der Waals surface area contributed by atoms with Crippen LogP contribution in [0.3, 0.4) is 0 Å². The van der Waals surface area contributed by atoms with E-state index in [1.807, 2.05) is 0 Å². The number of hydrogen-bond acceptors (Lipinski definition) is 5. The van der Waals surface area contributed by atoms with Crippen LogP contribution in [-0.4, -0.2) is 17.3 Å². The lowest BCUT2D eigenvalue weighted by Gasteiger charge is -2.18. The van der Waals surface area contributed by atoms with Gasteiger partial charge in [0.15, 0.2) is 17.8 Å². The van der Waals surface area contributed by atoms with Gasteiger partial charge in [-0.25, -0.2) is 0 Å². The van der Waals surface area contributed by atoms with E-state index in [1.54, 1.807) is 12.1 Å². The molecule has 0 aromatic heterocycles. The molecule has 0 unspecified atom stereocenters. The molecule has 3 rings (SSSR count). The summed E-state index contributed by atoms with van der Waals surface area (Å²) in [5, 5.41) is 10.8. The summed E-state index contributed by atoms with van der Waals surface area (Å²) >= 11 is 3.39. The van der Waals surface area contributed by atoms with Crippen LogP contribution in [0.4, 0.5) is 5.69 Å². The summed E-state index contributed by atoms with van der Waals surface area (Å²) in [5.74, 6) is 1.36. The molecule has 2 aromatic carbocycles. The lowest BCUT2D eigenvalue weighted by Crippen LogP contribution is -2.11. The average Bonchev–Trinajstić information content (AvgIpc) is 3.12. The normalized spacial score (nSPS) is 14.3. The largest absolute Gasteiger partial charge is 0.486 e. The first-order valence-electron chi connectivity index (χ1n) is 7.95. The summed E-state index contributed by atoms with van der Waals surface area (Å²) in [6.07, 6.45) is 5.11. The summed E-state index contributed by atoms with van der Waals surface area (Å²) in [7, 11) is 0. The van der Waals surface area contributed by atoms with Gasteiger partial charge in [-0.1, -0.05) is 0 Å². The van der Waals surface area contributed by atoms with Gasteiger partial charge in [-0.15, -0.1) is 0 Å². The maximum absolute atomic E-state index is 11.2. The molecule has 0 aliphatic heterocycles. The predicted molar refractivity (Wildman–Crippen MR) is 95.6 cm³/mol. The Kier molecular flexibility index (Phi) is 5.33. The second-order valence-electron chi connectivity index (χ2n) is 5.79. The van der Waals surface area contributed by atoms with E-state index in [-0.39, 0.29) is 11.8 Å². The number of non-ortho nitro benzene ring substituents is 1. The van der Waals surface area contributed by atoms with Crippen molar-refractivity contribution in [2.75, 3.05) is 0 Å². The molecule has 0 bridgehead atoms. The monoisotopic (exact) mass is 405 g/mol. The standard InChI is InChI=1S/C18H16BrNO5/c19-17-12(11-21)5-10-16(24-14-3-1-2-4-14)18(17)25-15-8-6-13(7-9-15)20(22)23/h5-11,14H,1-4H2. The Balaban J connectivity index is 1.91. The summed E-state index contributed by atoms with van der Waals surface area (Å²) in [6.45, 7) is 0. The van der Waals surface area contributed by atoms with E-state index in [1.165, 1.54) is 24.3 Å². The van der Waals surface area contributed by atoms with Crippen molar-refractivity contribution >= 4 is 27.9 Å². The van der Waals surface area contributed by atoms with Crippen LogP contribution in [0.1, 0.15) is 36.0 Å². The highest BCUT2D eigenvalue weighted by atomic mass is 79.9. The number of nitro benzene ring substituents is 1. The molecule has 0 heterocycles. The Morgan fingerprint density at radius 1 is 1.12 bits per heavy atom. The van der Waals surface area contributed by atoms with E-state index in [2.05, 4.69) is 15.9 Å². The maximum atomic E-state index is 11.2. The van der Waals surface area contributed by atoms with E-state index < -0.39 is 4.92 Å². The van der Waals surface area contributed by atoms with Gasteiger partial charge in [-0.2, -0.15) is 0 Å². The molecule has 7 heteroatoms. The molecular weight excluding hydrogens is 390 g/mol. The zero-order chi connectivity index (χ0) is 17.8. The van der Waals surface area contributed by atoms with Gasteiger partial charge in [-0.05, 0) is 65.9 Å². The molecule has 25 heavy (non-hydrogen) atoms. The molecule has 0 spiro atoms. The number of nitrogens with zero attached hydrogens (tertiary/aromatic N) is 1.